The van der Waals surface area contributed by atoms with Gasteiger partial charge in [0.1, 0.15) is 5.60 Å². The normalized spacial score (nSPS) is 27.6. The third-order valence-electron chi connectivity index (χ3n) is 4.37. The molecule has 0 aliphatic heterocycles. The van der Waals surface area contributed by atoms with Crippen molar-refractivity contribution in [3.63, 3.8) is 0 Å². The molecule has 0 radical (unpaired) electrons. The molecule has 3 atom stereocenters. The van der Waals surface area contributed by atoms with Crippen LogP contribution in [0.4, 0.5) is 0 Å². The van der Waals surface area contributed by atoms with Gasteiger partial charge in [-0.05, 0) is 36.3 Å². The maximum atomic E-state index is 11.5. The van der Waals surface area contributed by atoms with Crippen LogP contribution in [0.2, 0.25) is 0 Å². The standard InChI is InChI=1S/C16H22O3/c1-3-6-14(15(17)18)16(19)10-9-11(2)12-7-4-5-8-13(12)16/h4-5,7-8,11,14,19H,3,6,9-10H2,1-2H3,(H,17,18). The van der Waals surface area contributed by atoms with Gasteiger partial charge >= 0.3 is 5.97 Å². The van der Waals surface area contributed by atoms with Gasteiger partial charge in [-0.2, -0.15) is 0 Å². The Kier molecular flexibility index (Phi) is 3.95. The van der Waals surface area contributed by atoms with Crippen molar-refractivity contribution < 1.29 is 15.0 Å². The number of aliphatic hydroxyl groups is 1. The van der Waals surface area contributed by atoms with Crippen LogP contribution in [0.3, 0.4) is 0 Å². The van der Waals surface area contributed by atoms with E-state index in [0.717, 1.165) is 24.0 Å². The second-order valence-corrected chi connectivity index (χ2v) is 5.63. The largest absolute Gasteiger partial charge is 0.481 e. The maximum Gasteiger partial charge on any atom is 0.309 e. The molecule has 3 nitrogen and oxygen atoms in total. The first kappa shape index (κ1) is 14.1. The molecule has 3 unspecified atom stereocenters. The predicted molar refractivity (Wildman–Crippen MR) is 74.0 cm³/mol. The molecule has 0 spiro atoms. The van der Waals surface area contributed by atoms with Crippen LogP contribution in [0.15, 0.2) is 24.3 Å². The minimum absolute atomic E-state index is 0.382. The molecule has 19 heavy (non-hydrogen) atoms. The molecule has 1 aromatic rings. The lowest BCUT2D eigenvalue weighted by Crippen LogP contribution is -2.43. The quantitative estimate of drug-likeness (QED) is 0.875. The minimum Gasteiger partial charge on any atom is -0.481 e. The van der Waals surface area contributed by atoms with E-state index in [0.29, 0.717) is 18.8 Å². The van der Waals surface area contributed by atoms with Gasteiger partial charge in [-0.1, -0.05) is 44.5 Å². The number of rotatable bonds is 4. The molecule has 0 fully saturated rings. The highest BCUT2D eigenvalue weighted by molar-refractivity contribution is 5.72. The SMILES string of the molecule is CCCC(C(=O)O)C1(O)CCC(C)c2ccccc21. The van der Waals surface area contributed by atoms with E-state index in [1.54, 1.807) is 0 Å². The average molecular weight is 262 g/mol. The first-order valence-electron chi connectivity index (χ1n) is 7.05. The Labute approximate surface area is 114 Å². The Hall–Kier alpha value is -1.35. The molecule has 0 bridgehead atoms. The average Bonchev–Trinajstić information content (AvgIpc) is 2.40. The zero-order valence-electron chi connectivity index (χ0n) is 11.6. The van der Waals surface area contributed by atoms with Gasteiger partial charge in [0, 0.05) is 0 Å². The Morgan fingerprint density at radius 3 is 2.79 bits per heavy atom. The van der Waals surface area contributed by atoms with Crippen molar-refractivity contribution in [3.8, 4) is 0 Å². The first-order valence-corrected chi connectivity index (χ1v) is 7.05. The molecule has 1 aliphatic carbocycles. The van der Waals surface area contributed by atoms with Crippen molar-refractivity contribution in [2.45, 2.75) is 51.0 Å². The number of carboxylic acid groups (broad SMARTS) is 1. The fraction of sp³-hybridized carbons (Fsp3) is 0.562. The van der Waals surface area contributed by atoms with Crippen LogP contribution in [0.1, 0.15) is 56.6 Å². The smallest absolute Gasteiger partial charge is 0.309 e. The molecular weight excluding hydrogens is 240 g/mol. The number of benzene rings is 1. The highest BCUT2D eigenvalue weighted by Crippen LogP contribution is 2.46. The molecule has 0 saturated carbocycles. The van der Waals surface area contributed by atoms with E-state index in [9.17, 15) is 15.0 Å². The van der Waals surface area contributed by atoms with E-state index in [2.05, 4.69) is 6.92 Å². The van der Waals surface area contributed by atoms with Crippen molar-refractivity contribution in [2.24, 2.45) is 5.92 Å². The summed E-state index contributed by atoms with van der Waals surface area (Å²) < 4.78 is 0. The fourth-order valence-electron chi connectivity index (χ4n) is 3.26. The number of carbonyl (C=O) groups is 1. The lowest BCUT2D eigenvalue weighted by Gasteiger charge is -2.41. The summed E-state index contributed by atoms with van der Waals surface area (Å²) in [6, 6.07) is 7.73. The van der Waals surface area contributed by atoms with Gasteiger partial charge < -0.3 is 10.2 Å². The lowest BCUT2D eigenvalue weighted by molar-refractivity contribution is -0.155. The van der Waals surface area contributed by atoms with E-state index >= 15 is 0 Å². The summed E-state index contributed by atoms with van der Waals surface area (Å²) in [6.45, 7) is 4.09. The summed E-state index contributed by atoms with van der Waals surface area (Å²) in [5.74, 6) is -1.23. The van der Waals surface area contributed by atoms with Crippen molar-refractivity contribution in [1.82, 2.24) is 0 Å². The van der Waals surface area contributed by atoms with Crippen LogP contribution in [-0.4, -0.2) is 16.2 Å². The molecule has 2 rings (SSSR count). The van der Waals surface area contributed by atoms with Crippen LogP contribution >= 0.6 is 0 Å². The van der Waals surface area contributed by atoms with E-state index in [1.807, 2.05) is 31.2 Å². The summed E-state index contributed by atoms with van der Waals surface area (Å²) in [7, 11) is 0. The third-order valence-corrected chi connectivity index (χ3v) is 4.37. The Morgan fingerprint density at radius 2 is 2.16 bits per heavy atom. The highest BCUT2D eigenvalue weighted by atomic mass is 16.4. The Balaban J connectivity index is 2.49. The number of fused-ring (bicyclic) bond motifs is 1. The van der Waals surface area contributed by atoms with Crippen molar-refractivity contribution in [3.05, 3.63) is 35.4 Å². The molecular formula is C16H22O3. The molecule has 0 saturated heterocycles. The van der Waals surface area contributed by atoms with Gasteiger partial charge in [-0.3, -0.25) is 4.79 Å². The van der Waals surface area contributed by atoms with Gasteiger partial charge in [0.05, 0.1) is 5.92 Å². The summed E-state index contributed by atoms with van der Waals surface area (Å²) in [6.07, 6.45) is 2.63. The third kappa shape index (κ3) is 2.39. The van der Waals surface area contributed by atoms with E-state index in [4.69, 9.17) is 0 Å². The van der Waals surface area contributed by atoms with E-state index in [1.165, 1.54) is 0 Å². The summed E-state index contributed by atoms with van der Waals surface area (Å²) in [4.78, 5) is 11.5. The van der Waals surface area contributed by atoms with E-state index in [-0.39, 0.29) is 0 Å². The number of carboxylic acids is 1. The maximum absolute atomic E-state index is 11.5. The predicted octanol–water partition coefficient (Wildman–Crippen LogP) is 3.27. The molecule has 2 N–H and O–H groups in total. The molecule has 0 amide bonds. The second-order valence-electron chi connectivity index (χ2n) is 5.63. The van der Waals surface area contributed by atoms with E-state index < -0.39 is 17.5 Å². The van der Waals surface area contributed by atoms with Crippen LogP contribution in [-0.2, 0) is 10.4 Å². The van der Waals surface area contributed by atoms with Crippen LogP contribution < -0.4 is 0 Å². The van der Waals surface area contributed by atoms with Crippen LogP contribution in [0, 0.1) is 5.92 Å². The molecule has 1 aromatic carbocycles. The van der Waals surface area contributed by atoms with Crippen molar-refractivity contribution >= 4 is 5.97 Å². The van der Waals surface area contributed by atoms with Crippen molar-refractivity contribution in [1.29, 1.82) is 0 Å². The summed E-state index contributed by atoms with van der Waals surface area (Å²) in [5.41, 5.74) is 0.693. The van der Waals surface area contributed by atoms with Crippen molar-refractivity contribution in [2.75, 3.05) is 0 Å². The molecule has 3 heteroatoms. The van der Waals surface area contributed by atoms with Gasteiger partial charge in [0.25, 0.3) is 0 Å². The lowest BCUT2D eigenvalue weighted by atomic mass is 9.68. The highest BCUT2D eigenvalue weighted by Gasteiger charge is 2.46. The zero-order chi connectivity index (χ0) is 14.0. The molecule has 1 aliphatic rings. The number of aliphatic carboxylic acids is 1. The molecule has 0 aromatic heterocycles. The topological polar surface area (TPSA) is 57.5 Å². The van der Waals surface area contributed by atoms with Gasteiger partial charge in [0.15, 0.2) is 0 Å². The summed E-state index contributed by atoms with van der Waals surface area (Å²) in [5, 5.41) is 20.5. The first-order chi connectivity index (χ1) is 9.00. The second kappa shape index (κ2) is 5.33. The monoisotopic (exact) mass is 262 g/mol. The van der Waals surface area contributed by atoms with Gasteiger partial charge in [-0.25, -0.2) is 0 Å². The fourth-order valence-corrected chi connectivity index (χ4v) is 3.26. The van der Waals surface area contributed by atoms with Gasteiger partial charge in [-0.15, -0.1) is 0 Å². The zero-order valence-corrected chi connectivity index (χ0v) is 11.6. The molecule has 104 valence electrons. The van der Waals surface area contributed by atoms with Gasteiger partial charge in [0.2, 0.25) is 0 Å². The summed E-state index contributed by atoms with van der Waals surface area (Å²) >= 11 is 0. The molecule has 0 heterocycles. The Bertz CT molecular complexity index is 469. The van der Waals surface area contributed by atoms with Crippen LogP contribution in [0.25, 0.3) is 0 Å². The minimum atomic E-state index is -1.22. The number of hydrogen-bond donors (Lipinski definition) is 2. The number of hydrogen-bond acceptors (Lipinski definition) is 2. The van der Waals surface area contributed by atoms with Crippen LogP contribution in [0.5, 0.6) is 0 Å². The Morgan fingerprint density at radius 1 is 1.47 bits per heavy atom.